The van der Waals surface area contributed by atoms with Gasteiger partial charge in [-0.25, -0.2) is 9.59 Å². The maximum atomic E-state index is 12.4. The highest BCUT2D eigenvalue weighted by atomic mass is 16.6. The molecular weight excluding hydrogens is 372 g/mol. The number of rotatable bonds is 8. The van der Waals surface area contributed by atoms with E-state index in [4.69, 9.17) is 9.84 Å². The second kappa shape index (κ2) is 9.72. The molecule has 2 amide bonds. The number of alkyl carbamates (subject to hydrolysis) is 1. The first-order chi connectivity index (χ1) is 12.9. The first kappa shape index (κ1) is 22.9. The fourth-order valence-electron chi connectivity index (χ4n) is 2.22. The summed E-state index contributed by atoms with van der Waals surface area (Å²) in [6.45, 7) is 6.03. The zero-order chi connectivity index (χ0) is 21.5. The Kier molecular flexibility index (Phi) is 7.96. The molecule has 0 aliphatic rings. The van der Waals surface area contributed by atoms with Crippen molar-refractivity contribution in [1.82, 2.24) is 19.8 Å². The van der Waals surface area contributed by atoms with E-state index < -0.39 is 41.4 Å². The van der Waals surface area contributed by atoms with Gasteiger partial charge in [0.25, 0.3) is 5.56 Å². The highest BCUT2D eigenvalue weighted by Gasteiger charge is 2.19. The third kappa shape index (κ3) is 8.06. The molecule has 0 saturated heterocycles. The van der Waals surface area contributed by atoms with Crippen LogP contribution in [-0.2, 0) is 20.9 Å². The third-order valence-electron chi connectivity index (χ3n) is 3.48. The Morgan fingerprint density at radius 3 is 2.50 bits per heavy atom. The van der Waals surface area contributed by atoms with E-state index in [9.17, 15) is 24.0 Å². The molecule has 1 rings (SSSR count). The summed E-state index contributed by atoms with van der Waals surface area (Å²) in [5.41, 5.74) is -1.52. The molecule has 11 heteroatoms. The number of amides is 2. The third-order valence-corrected chi connectivity index (χ3v) is 3.48. The van der Waals surface area contributed by atoms with E-state index >= 15 is 0 Å². The Morgan fingerprint density at radius 1 is 1.29 bits per heavy atom. The van der Waals surface area contributed by atoms with E-state index in [0.717, 1.165) is 4.90 Å². The molecule has 0 atom stereocenters. The van der Waals surface area contributed by atoms with E-state index in [1.54, 1.807) is 20.8 Å². The van der Waals surface area contributed by atoms with Gasteiger partial charge in [-0.1, -0.05) is 0 Å². The smallest absolute Gasteiger partial charge is 0.407 e. The van der Waals surface area contributed by atoms with Gasteiger partial charge in [0.2, 0.25) is 5.91 Å². The van der Waals surface area contributed by atoms with Gasteiger partial charge in [0.1, 0.15) is 12.1 Å². The number of aliphatic carboxylic acids is 1. The minimum absolute atomic E-state index is 0.00560. The lowest BCUT2D eigenvalue weighted by atomic mass is 10.2. The number of nitrogens with zero attached hydrogens (tertiary/aromatic N) is 2. The summed E-state index contributed by atoms with van der Waals surface area (Å²) in [5.74, 6) is -1.72. The SMILES string of the molecule is Cc1cn(CCC(=O)N(CCNC(=O)OC(C)(C)C)CC(=O)O)c(=O)[nH]c1=O. The summed E-state index contributed by atoms with van der Waals surface area (Å²) < 4.78 is 6.24. The van der Waals surface area contributed by atoms with Gasteiger partial charge >= 0.3 is 17.8 Å². The van der Waals surface area contributed by atoms with Crippen molar-refractivity contribution in [3.05, 3.63) is 32.6 Å². The quantitative estimate of drug-likeness (QED) is 0.542. The zero-order valence-electron chi connectivity index (χ0n) is 16.4. The largest absolute Gasteiger partial charge is 0.480 e. The van der Waals surface area contributed by atoms with Crippen molar-refractivity contribution < 1.29 is 24.2 Å². The van der Waals surface area contributed by atoms with Crippen molar-refractivity contribution in [3.63, 3.8) is 0 Å². The van der Waals surface area contributed by atoms with Gasteiger partial charge in [-0.15, -0.1) is 0 Å². The van der Waals surface area contributed by atoms with Crippen LogP contribution < -0.4 is 16.6 Å². The van der Waals surface area contributed by atoms with E-state index in [1.807, 2.05) is 0 Å². The lowest BCUT2D eigenvalue weighted by Gasteiger charge is -2.23. The first-order valence-corrected chi connectivity index (χ1v) is 8.66. The predicted molar refractivity (Wildman–Crippen MR) is 99.1 cm³/mol. The number of aromatic nitrogens is 2. The lowest BCUT2D eigenvalue weighted by Crippen LogP contribution is -2.43. The van der Waals surface area contributed by atoms with Gasteiger partial charge in [0.05, 0.1) is 0 Å². The molecule has 0 unspecified atom stereocenters. The molecule has 0 bridgehead atoms. The molecule has 1 aromatic heterocycles. The molecule has 0 aliphatic heterocycles. The molecule has 11 nitrogen and oxygen atoms in total. The van der Waals surface area contributed by atoms with Crippen molar-refractivity contribution in [2.24, 2.45) is 0 Å². The van der Waals surface area contributed by atoms with Crippen LogP contribution in [0.15, 0.2) is 15.8 Å². The number of aromatic amines is 1. The standard InChI is InChI=1S/C17H26N4O7/c1-11-9-21(15(26)19-14(11)25)7-5-12(22)20(10-13(23)24)8-6-18-16(27)28-17(2,3)4/h9H,5-8,10H2,1-4H3,(H,18,27)(H,23,24)(H,19,25,26). The van der Waals surface area contributed by atoms with Gasteiger partial charge < -0.3 is 20.1 Å². The number of carbonyl (C=O) groups excluding carboxylic acids is 2. The summed E-state index contributed by atoms with van der Waals surface area (Å²) >= 11 is 0. The Morgan fingerprint density at radius 2 is 1.93 bits per heavy atom. The average molecular weight is 398 g/mol. The number of H-pyrrole nitrogens is 1. The molecule has 28 heavy (non-hydrogen) atoms. The summed E-state index contributed by atoms with van der Waals surface area (Å²) in [6, 6.07) is 0. The van der Waals surface area contributed by atoms with E-state index in [2.05, 4.69) is 10.3 Å². The number of hydrogen-bond acceptors (Lipinski definition) is 6. The molecule has 0 fully saturated rings. The van der Waals surface area contributed by atoms with Crippen LogP contribution in [0.2, 0.25) is 0 Å². The summed E-state index contributed by atoms with van der Waals surface area (Å²) in [6.07, 6.45) is 0.510. The lowest BCUT2D eigenvalue weighted by molar-refractivity contribution is -0.144. The highest BCUT2D eigenvalue weighted by molar-refractivity contribution is 5.81. The van der Waals surface area contributed by atoms with Crippen LogP contribution in [0.25, 0.3) is 0 Å². The molecule has 0 aliphatic carbocycles. The van der Waals surface area contributed by atoms with Crippen LogP contribution in [0.3, 0.4) is 0 Å². The minimum atomic E-state index is -1.21. The first-order valence-electron chi connectivity index (χ1n) is 8.66. The number of hydrogen-bond donors (Lipinski definition) is 3. The zero-order valence-corrected chi connectivity index (χ0v) is 16.4. The van der Waals surface area contributed by atoms with Crippen LogP contribution in [0.5, 0.6) is 0 Å². The van der Waals surface area contributed by atoms with E-state index in [-0.39, 0.29) is 26.1 Å². The van der Waals surface area contributed by atoms with Gasteiger partial charge in [0.15, 0.2) is 0 Å². The molecule has 1 aromatic rings. The molecular formula is C17H26N4O7. The Labute approximate surface area is 161 Å². The second-order valence-corrected chi connectivity index (χ2v) is 7.15. The number of ether oxygens (including phenoxy) is 1. The average Bonchev–Trinajstić information content (AvgIpc) is 2.53. The number of carboxylic acids is 1. The predicted octanol–water partition coefficient (Wildman–Crippen LogP) is -0.327. The second-order valence-electron chi connectivity index (χ2n) is 7.15. The Hall–Kier alpha value is -3.11. The fraction of sp³-hybridized carbons (Fsp3) is 0.588. The van der Waals surface area contributed by atoms with Crippen LogP contribution in [0, 0.1) is 6.92 Å². The van der Waals surface area contributed by atoms with Crippen molar-refractivity contribution in [3.8, 4) is 0 Å². The van der Waals surface area contributed by atoms with Crippen molar-refractivity contribution in [2.45, 2.75) is 46.3 Å². The van der Waals surface area contributed by atoms with E-state index in [0.29, 0.717) is 5.56 Å². The molecule has 1 heterocycles. The van der Waals surface area contributed by atoms with Crippen LogP contribution in [0.1, 0.15) is 32.8 Å². The monoisotopic (exact) mass is 398 g/mol. The number of carbonyl (C=O) groups is 3. The summed E-state index contributed by atoms with van der Waals surface area (Å²) in [7, 11) is 0. The molecule has 0 aromatic carbocycles. The molecule has 0 spiro atoms. The van der Waals surface area contributed by atoms with Gasteiger partial charge in [-0.3, -0.25) is 23.9 Å². The molecule has 156 valence electrons. The van der Waals surface area contributed by atoms with Gasteiger partial charge in [-0.05, 0) is 27.7 Å². The maximum absolute atomic E-state index is 12.4. The highest BCUT2D eigenvalue weighted by Crippen LogP contribution is 2.06. The van der Waals surface area contributed by atoms with E-state index in [1.165, 1.54) is 17.7 Å². The number of nitrogens with one attached hydrogen (secondary N) is 2. The summed E-state index contributed by atoms with van der Waals surface area (Å²) in [4.78, 5) is 61.3. The molecule has 0 saturated carbocycles. The summed E-state index contributed by atoms with van der Waals surface area (Å²) in [5, 5.41) is 11.4. The Balaban J connectivity index is 2.66. The fourth-order valence-corrected chi connectivity index (χ4v) is 2.22. The van der Waals surface area contributed by atoms with Crippen molar-refractivity contribution in [2.75, 3.05) is 19.6 Å². The van der Waals surface area contributed by atoms with Crippen LogP contribution in [-0.4, -0.2) is 62.8 Å². The minimum Gasteiger partial charge on any atom is -0.480 e. The van der Waals surface area contributed by atoms with Gasteiger partial charge in [-0.2, -0.15) is 0 Å². The topological polar surface area (TPSA) is 151 Å². The number of aryl methyl sites for hydroxylation is 2. The number of carboxylic acid groups (broad SMARTS) is 1. The maximum Gasteiger partial charge on any atom is 0.407 e. The van der Waals surface area contributed by atoms with Crippen LogP contribution >= 0.6 is 0 Å². The van der Waals surface area contributed by atoms with Crippen molar-refractivity contribution >= 4 is 18.0 Å². The molecule has 0 radical (unpaired) electrons. The normalized spacial score (nSPS) is 11.0. The molecule has 3 N–H and O–H groups in total. The Bertz CT molecular complexity index is 835. The van der Waals surface area contributed by atoms with Gasteiger partial charge in [0, 0.05) is 37.8 Å². The van der Waals surface area contributed by atoms with Crippen molar-refractivity contribution in [1.29, 1.82) is 0 Å². The van der Waals surface area contributed by atoms with Crippen LogP contribution in [0.4, 0.5) is 4.79 Å².